The number of aryl methyl sites for hydroxylation is 1. The summed E-state index contributed by atoms with van der Waals surface area (Å²) in [7, 11) is -3.72. The van der Waals surface area contributed by atoms with E-state index in [0.29, 0.717) is 29.2 Å². The minimum atomic E-state index is -3.72. The number of hydrogen-bond donors (Lipinski definition) is 1. The molecular formula is C23H19N3O3S. The number of sulfonamides is 1. The number of hydrogen-bond acceptors (Lipinski definition) is 3. The second kappa shape index (κ2) is 8.01. The van der Waals surface area contributed by atoms with Gasteiger partial charge >= 0.3 is 0 Å². The van der Waals surface area contributed by atoms with Crippen LogP contribution >= 0.6 is 0 Å². The first-order valence-corrected chi connectivity index (χ1v) is 10.9. The predicted molar refractivity (Wildman–Crippen MR) is 116 cm³/mol. The third-order valence-corrected chi connectivity index (χ3v) is 6.83. The molecule has 0 unspecified atom stereocenters. The summed E-state index contributed by atoms with van der Waals surface area (Å²) in [6.07, 6.45) is 1.62. The lowest BCUT2D eigenvalue weighted by Crippen LogP contribution is -2.35. The second-order valence-electron chi connectivity index (χ2n) is 6.95. The summed E-state index contributed by atoms with van der Waals surface area (Å²) in [5.41, 5.74) is 3.00. The van der Waals surface area contributed by atoms with E-state index >= 15 is 0 Å². The summed E-state index contributed by atoms with van der Waals surface area (Å²) in [6, 6.07) is 20.0. The van der Waals surface area contributed by atoms with Gasteiger partial charge in [0.15, 0.2) is 5.69 Å². The van der Waals surface area contributed by atoms with Crippen LogP contribution in [-0.2, 0) is 16.4 Å². The quantitative estimate of drug-likeness (QED) is 0.629. The Morgan fingerprint density at radius 2 is 1.77 bits per heavy atom. The number of amides is 1. The molecule has 1 heterocycles. The summed E-state index contributed by atoms with van der Waals surface area (Å²) in [5.74, 6) is -0.371. The van der Waals surface area contributed by atoms with E-state index in [4.69, 9.17) is 6.57 Å². The van der Waals surface area contributed by atoms with Crippen molar-refractivity contribution in [2.75, 3.05) is 16.2 Å². The van der Waals surface area contributed by atoms with Crippen molar-refractivity contribution in [3.05, 3.63) is 95.3 Å². The number of benzene rings is 3. The molecule has 0 aromatic heterocycles. The van der Waals surface area contributed by atoms with Crippen LogP contribution in [0.4, 0.5) is 17.1 Å². The molecule has 0 fully saturated rings. The van der Waals surface area contributed by atoms with Gasteiger partial charge in [-0.2, -0.15) is 0 Å². The average Bonchev–Trinajstić information content (AvgIpc) is 2.79. The van der Waals surface area contributed by atoms with Crippen LogP contribution in [0.15, 0.2) is 77.7 Å². The lowest BCUT2D eigenvalue weighted by molar-refractivity contribution is 0.102. The molecule has 6 nitrogen and oxygen atoms in total. The van der Waals surface area contributed by atoms with E-state index in [0.717, 1.165) is 18.4 Å². The van der Waals surface area contributed by atoms with E-state index in [-0.39, 0.29) is 10.8 Å². The zero-order valence-corrected chi connectivity index (χ0v) is 16.9. The van der Waals surface area contributed by atoms with E-state index < -0.39 is 10.0 Å². The number of carbonyl (C=O) groups excluding carboxylic acids is 1. The van der Waals surface area contributed by atoms with Gasteiger partial charge < -0.3 is 5.32 Å². The minimum Gasteiger partial charge on any atom is -0.323 e. The Morgan fingerprint density at radius 1 is 1.00 bits per heavy atom. The van der Waals surface area contributed by atoms with Crippen LogP contribution < -0.4 is 9.62 Å². The standard InChI is InChI=1S/C23H19N3O3S/c1-24-19-8-4-9-20(16-19)25-23(27)18-11-13-21(14-12-18)30(28,29)26-15-5-7-17-6-2-3-10-22(17)26/h2-4,6,8-14,16H,5,7,15H2,(H,25,27). The molecule has 3 aromatic rings. The maximum absolute atomic E-state index is 13.2. The van der Waals surface area contributed by atoms with Gasteiger partial charge in [0, 0.05) is 17.8 Å². The van der Waals surface area contributed by atoms with Crippen LogP contribution in [0, 0.1) is 6.57 Å². The molecule has 0 bridgehead atoms. The third-order valence-electron chi connectivity index (χ3n) is 5.01. The predicted octanol–water partition coefficient (Wildman–Crippen LogP) is 4.63. The van der Waals surface area contributed by atoms with E-state index in [1.807, 2.05) is 24.3 Å². The van der Waals surface area contributed by atoms with Crippen LogP contribution in [-0.4, -0.2) is 20.9 Å². The van der Waals surface area contributed by atoms with Gasteiger partial charge in [0.05, 0.1) is 17.2 Å². The normalized spacial score (nSPS) is 13.2. The first-order valence-electron chi connectivity index (χ1n) is 9.48. The van der Waals surface area contributed by atoms with E-state index in [9.17, 15) is 13.2 Å². The molecule has 1 aliphatic heterocycles. The fourth-order valence-corrected chi connectivity index (χ4v) is 5.05. The molecule has 0 saturated carbocycles. The molecule has 7 heteroatoms. The van der Waals surface area contributed by atoms with Gasteiger partial charge in [-0.3, -0.25) is 9.10 Å². The fourth-order valence-electron chi connectivity index (χ4n) is 3.51. The topological polar surface area (TPSA) is 70.8 Å². The molecule has 30 heavy (non-hydrogen) atoms. The van der Waals surface area contributed by atoms with Gasteiger partial charge in [-0.25, -0.2) is 13.3 Å². The van der Waals surface area contributed by atoms with Crippen LogP contribution in [0.25, 0.3) is 4.85 Å². The summed E-state index contributed by atoms with van der Waals surface area (Å²) < 4.78 is 27.8. The average molecular weight is 417 g/mol. The highest BCUT2D eigenvalue weighted by atomic mass is 32.2. The maximum atomic E-state index is 13.2. The SMILES string of the molecule is [C-]#[N+]c1cccc(NC(=O)c2ccc(S(=O)(=O)N3CCCc4ccccc43)cc2)c1. The highest BCUT2D eigenvalue weighted by Crippen LogP contribution is 2.31. The lowest BCUT2D eigenvalue weighted by atomic mass is 10.0. The van der Waals surface area contributed by atoms with Crippen molar-refractivity contribution >= 4 is 33.0 Å². The molecule has 0 spiro atoms. The van der Waals surface area contributed by atoms with Crippen molar-refractivity contribution in [3.63, 3.8) is 0 Å². The lowest BCUT2D eigenvalue weighted by Gasteiger charge is -2.30. The molecule has 0 saturated heterocycles. The summed E-state index contributed by atoms with van der Waals surface area (Å²) >= 11 is 0. The van der Waals surface area contributed by atoms with Gasteiger partial charge in [0.25, 0.3) is 15.9 Å². The van der Waals surface area contributed by atoms with Crippen molar-refractivity contribution < 1.29 is 13.2 Å². The number of fused-ring (bicyclic) bond motifs is 1. The molecule has 3 aromatic carbocycles. The van der Waals surface area contributed by atoms with Crippen molar-refractivity contribution in [3.8, 4) is 0 Å². The van der Waals surface area contributed by atoms with E-state index in [1.165, 1.54) is 28.6 Å². The summed E-state index contributed by atoms with van der Waals surface area (Å²) in [4.78, 5) is 16.0. The third kappa shape index (κ3) is 3.78. The van der Waals surface area contributed by atoms with E-state index in [1.54, 1.807) is 24.3 Å². The smallest absolute Gasteiger partial charge is 0.264 e. The van der Waals surface area contributed by atoms with E-state index in [2.05, 4.69) is 10.2 Å². The number of rotatable bonds is 4. The molecule has 4 rings (SSSR count). The van der Waals surface area contributed by atoms with Crippen LogP contribution in [0.2, 0.25) is 0 Å². The Balaban J connectivity index is 1.56. The van der Waals surface area contributed by atoms with Gasteiger partial charge in [-0.05, 0) is 60.9 Å². The fraction of sp³-hybridized carbons (Fsp3) is 0.130. The highest BCUT2D eigenvalue weighted by Gasteiger charge is 2.28. The molecule has 0 atom stereocenters. The second-order valence-corrected chi connectivity index (χ2v) is 8.81. The van der Waals surface area contributed by atoms with Gasteiger partial charge in [0.2, 0.25) is 0 Å². The van der Waals surface area contributed by atoms with Crippen molar-refractivity contribution in [2.45, 2.75) is 17.7 Å². The van der Waals surface area contributed by atoms with Gasteiger partial charge in [-0.15, -0.1) is 0 Å². The number of nitrogens with one attached hydrogen (secondary N) is 1. The van der Waals surface area contributed by atoms with Crippen molar-refractivity contribution in [1.29, 1.82) is 0 Å². The number of nitrogens with zero attached hydrogens (tertiary/aromatic N) is 2. The molecular weight excluding hydrogens is 398 g/mol. The highest BCUT2D eigenvalue weighted by molar-refractivity contribution is 7.92. The summed E-state index contributed by atoms with van der Waals surface area (Å²) in [6.45, 7) is 7.48. The largest absolute Gasteiger partial charge is 0.323 e. The zero-order chi connectivity index (χ0) is 21.1. The molecule has 0 radical (unpaired) electrons. The molecule has 1 amide bonds. The number of anilines is 2. The van der Waals surface area contributed by atoms with Crippen LogP contribution in [0.3, 0.4) is 0 Å². The van der Waals surface area contributed by atoms with Gasteiger partial charge in [0.1, 0.15) is 0 Å². The Kier molecular flexibility index (Phi) is 5.25. The number of carbonyl (C=O) groups is 1. The molecule has 1 N–H and O–H groups in total. The Labute approximate surface area is 175 Å². The zero-order valence-electron chi connectivity index (χ0n) is 16.1. The molecule has 0 aliphatic carbocycles. The summed E-state index contributed by atoms with van der Waals surface area (Å²) in [5, 5.41) is 2.73. The minimum absolute atomic E-state index is 0.144. The first-order chi connectivity index (χ1) is 14.5. The van der Waals surface area contributed by atoms with Crippen LogP contribution in [0.5, 0.6) is 0 Å². The first kappa shape index (κ1) is 19.7. The Morgan fingerprint density at radius 3 is 2.53 bits per heavy atom. The Hall–Kier alpha value is -3.63. The van der Waals surface area contributed by atoms with Crippen LogP contribution in [0.1, 0.15) is 22.3 Å². The van der Waals surface area contributed by atoms with Crippen molar-refractivity contribution in [2.24, 2.45) is 0 Å². The Bertz CT molecular complexity index is 1250. The van der Waals surface area contributed by atoms with Crippen molar-refractivity contribution in [1.82, 2.24) is 0 Å². The molecule has 1 aliphatic rings. The maximum Gasteiger partial charge on any atom is 0.264 e. The molecule has 150 valence electrons. The monoisotopic (exact) mass is 417 g/mol. The number of para-hydroxylation sites is 1. The van der Waals surface area contributed by atoms with Gasteiger partial charge in [-0.1, -0.05) is 30.3 Å².